The third-order valence-corrected chi connectivity index (χ3v) is 6.43. The fourth-order valence-corrected chi connectivity index (χ4v) is 4.16. The Hall–Kier alpha value is -2.69. The number of nitrogens with one attached hydrogen (secondary N) is 2. The number of pyridine rings is 1. The number of amides is 2. The zero-order chi connectivity index (χ0) is 21.3. The van der Waals surface area contributed by atoms with E-state index < -0.39 is 28.6 Å². The van der Waals surface area contributed by atoms with E-state index >= 15 is 0 Å². The number of halogens is 1. The van der Waals surface area contributed by atoms with Crippen molar-refractivity contribution in [2.75, 3.05) is 24.2 Å². The Morgan fingerprint density at radius 3 is 2.76 bits per heavy atom. The van der Waals surface area contributed by atoms with Crippen molar-refractivity contribution < 1.29 is 22.7 Å². The lowest BCUT2D eigenvalue weighted by molar-refractivity contribution is -0.122. The van der Waals surface area contributed by atoms with Crippen LogP contribution in [-0.2, 0) is 19.6 Å². The van der Waals surface area contributed by atoms with E-state index in [-0.39, 0.29) is 22.4 Å². The normalized spacial score (nSPS) is 16.0. The summed E-state index contributed by atoms with van der Waals surface area (Å²) in [5.74, 6) is -0.353. The van der Waals surface area contributed by atoms with Crippen molar-refractivity contribution in [2.45, 2.75) is 24.8 Å². The largest absolute Gasteiger partial charge is 0.479 e. The maximum Gasteiger partial charge on any atom is 0.265 e. The highest BCUT2D eigenvalue weighted by atomic mass is 35.5. The van der Waals surface area contributed by atoms with Crippen LogP contribution in [0.15, 0.2) is 35.4 Å². The number of aryl methyl sites for hydroxylation is 1. The number of aromatic nitrogens is 1. The van der Waals surface area contributed by atoms with Crippen molar-refractivity contribution in [3.8, 4) is 5.75 Å². The minimum atomic E-state index is -3.99. The second kappa shape index (κ2) is 7.97. The smallest absolute Gasteiger partial charge is 0.265 e. The molecular formula is C18H19ClN4O5S. The lowest BCUT2D eigenvalue weighted by Crippen LogP contribution is -2.36. The fraction of sp³-hybridized carbons (Fsp3) is 0.278. The number of hydrogen-bond acceptors (Lipinski definition) is 6. The summed E-state index contributed by atoms with van der Waals surface area (Å²) in [6.07, 6.45) is 0.629. The van der Waals surface area contributed by atoms with E-state index in [0.717, 1.165) is 4.31 Å². The van der Waals surface area contributed by atoms with Gasteiger partial charge in [-0.1, -0.05) is 11.6 Å². The van der Waals surface area contributed by atoms with E-state index in [1.165, 1.54) is 31.4 Å². The lowest BCUT2D eigenvalue weighted by Gasteiger charge is -2.25. The molecule has 2 N–H and O–H groups in total. The fourth-order valence-electron chi connectivity index (χ4n) is 2.71. The number of fused-ring (bicyclic) bond motifs is 1. The number of ether oxygens (including phenoxy) is 1. The van der Waals surface area contributed by atoms with E-state index in [4.69, 9.17) is 16.3 Å². The van der Waals surface area contributed by atoms with Crippen LogP contribution in [0, 0.1) is 6.92 Å². The van der Waals surface area contributed by atoms with Gasteiger partial charge in [0.1, 0.15) is 11.6 Å². The molecule has 2 heterocycles. The summed E-state index contributed by atoms with van der Waals surface area (Å²) in [4.78, 5) is 27.9. The predicted molar refractivity (Wildman–Crippen MR) is 108 cm³/mol. The van der Waals surface area contributed by atoms with Gasteiger partial charge in [0.25, 0.3) is 5.91 Å². The van der Waals surface area contributed by atoms with Crippen molar-refractivity contribution >= 4 is 44.9 Å². The highest BCUT2D eigenvalue weighted by Crippen LogP contribution is 2.35. The number of benzene rings is 1. The molecule has 2 aromatic rings. The molecule has 0 spiro atoms. The Kier molecular flexibility index (Phi) is 5.78. The molecule has 0 bridgehead atoms. The first kappa shape index (κ1) is 21.0. The van der Waals surface area contributed by atoms with Gasteiger partial charge in [-0.05, 0) is 37.6 Å². The molecule has 1 aromatic carbocycles. The molecule has 0 radical (unpaired) electrons. The summed E-state index contributed by atoms with van der Waals surface area (Å²) in [6, 6.07) is 5.94. The predicted octanol–water partition coefficient (Wildman–Crippen LogP) is 2.02. The number of carbonyl (C=O) groups excluding carboxylic acids is 2. The molecule has 1 aliphatic heterocycles. The third kappa shape index (κ3) is 4.50. The highest BCUT2D eigenvalue weighted by Gasteiger charge is 2.30. The monoisotopic (exact) mass is 438 g/mol. The Morgan fingerprint density at radius 2 is 2.10 bits per heavy atom. The number of likely N-dealkylation sites (N-methyl/N-ethyl adjacent to an activating group) is 1. The zero-order valence-electron chi connectivity index (χ0n) is 15.9. The first-order valence-electron chi connectivity index (χ1n) is 8.58. The van der Waals surface area contributed by atoms with Crippen molar-refractivity contribution in [1.82, 2.24) is 9.29 Å². The number of nitrogens with zero attached hydrogens (tertiary/aromatic N) is 2. The van der Waals surface area contributed by atoms with E-state index in [1.807, 2.05) is 0 Å². The van der Waals surface area contributed by atoms with Crippen molar-refractivity contribution in [1.29, 1.82) is 0 Å². The van der Waals surface area contributed by atoms with Crippen LogP contribution in [0.25, 0.3) is 0 Å². The Bertz CT molecular complexity index is 1070. The summed E-state index contributed by atoms with van der Waals surface area (Å²) in [5, 5.41) is 5.60. The van der Waals surface area contributed by atoms with Crippen LogP contribution >= 0.6 is 11.6 Å². The molecule has 0 saturated heterocycles. The first-order chi connectivity index (χ1) is 13.6. The van der Waals surface area contributed by atoms with Gasteiger partial charge >= 0.3 is 0 Å². The standard InChI is InChI=1S/C18H19ClN4O5S/c1-10-6-13-14(28-11(2)18(25)21-13)7-15(10)29(26,27)23(3)9-17(24)22-16-5-4-12(19)8-20-16/h4-8,11H,9H2,1-3H3,(H,21,25)(H,20,22,24). The summed E-state index contributed by atoms with van der Waals surface area (Å²) >= 11 is 5.75. The molecule has 1 unspecified atom stereocenters. The van der Waals surface area contributed by atoms with Crippen LogP contribution in [0.4, 0.5) is 11.5 Å². The van der Waals surface area contributed by atoms with Gasteiger partial charge < -0.3 is 15.4 Å². The van der Waals surface area contributed by atoms with E-state index in [2.05, 4.69) is 15.6 Å². The van der Waals surface area contributed by atoms with Crippen LogP contribution in [0.2, 0.25) is 5.02 Å². The summed E-state index contributed by atoms with van der Waals surface area (Å²) in [6.45, 7) is 2.74. The highest BCUT2D eigenvalue weighted by molar-refractivity contribution is 7.89. The molecule has 2 amide bonds. The lowest BCUT2D eigenvalue weighted by atomic mass is 10.1. The molecular weight excluding hydrogens is 420 g/mol. The SMILES string of the molecule is Cc1cc2c(cc1S(=O)(=O)N(C)CC(=O)Nc1ccc(Cl)cn1)OC(C)C(=O)N2. The molecule has 0 fully saturated rings. The maximum absolute atomic E-state index is 13.0. The third-order valence-electron chi connectivity index (χ3n) is 4.26. The average Bonchev–Trinajstić information content (AvgIpc) is 2.64. The molecule has 11 heteroatoms. The molecule has 154 valence electrons. The Balaban J connectivity index is 1.79. The van der Waals surface area contributed by atoms with Gasteiger partial charge in [-0.25, -0.2) is 13.4 Å². The van der Waals surface area contributed by atoms with Gasteiger partial charge in [0, 0.05) is 19.3 Å². The van der Waals surface area contributed by atoms with Crippen molar-refractivity contribution in [3.05, 3.63) is 41.0 Å². The van der Waals surface area contributed by atoms with Gasteiger partial charge in [-0.15, -0.1) is 0 Å². The Morgan fingerprint density at radius 1 is 1.38 bits per heavy atom. The molecule has 1 aliphatic rings. The zero-order valence-corrected chi connectivity index (χ0v) is 17.5. The molecule has 1 atom stereocenters. The van der Waals surface area contributed by atoms with E-state index in [1.54, 1.807) is 19.9 Å². The number of anilines is 2. The van der Waals surface area contributed by atoms with Gasteiger partial charge in [0.2, 0.25) is 15.9 Å². The average molecular weight is 439 g/mol. The van der Waals surface area contributed by atoms with Gasteiger partial charge in [0.05, 0.1) is 22.2 Å². The van der Waals surface area contributed by atoms with Crippen LogP contribution in [-0.4, -0.2) is 49.2 Å². The molecule has 29 heavy (non-hydrogen) atoms. The molecule has 0 saturated carbocycles. The quantitative estimate of drug-likeness (QED) is 0.737. The van der Waals surface area contributed by atoms with E-state index in [0.29, 0.717) is 16.3 Å². The minimum absolute atomic E-state index is 0.0143. The van der Waals surface area contributed by atoms with E-state index in [9.17, 15) is 18.0 Å². The van der Waals surface area contributed by atoms with Gasteiger partial charge in [-0.2, -0.15) is 4.31 Å². The number of carbonyl (C=O) groups is 2. The maximum atomic E-state index is 13.0. The summed E-state index contributed by atoms with van der Waals surface area (Å²) < 4.78 is 32.4. The first-order valence-corrected chi connectivity index (χ1v) is 10.4. The van der Waals surface area contributed by atoms with Gasteiger partial charge in [-0.3, -0.25) is 9.59 Å². The van der Waals surface area contributed by atoms with Crippen LogP contribution in [0.5, 0.6) is 5.75 Å². The van der Waals surface area contributed by atoms with Crippen molar-refractivity contribution in [2.24, 2.45) is 0 Å². The van der Waals surface area contributed by atoms with Crippen LogP contribution in [0.1, 0.15) is 12.5 Å². The summed E-state index contributed by atoms with van der Waals surface area (Å²) in [7, 11) is -2.69. The summed E-state index contributed by atoms with van der Waals surface area (Å²) in [5.41, 5.74) is 0.813. The Labute approximate surface area is 173 Å². The topological polar surface area (TPSA) is 118 Å². The second-order valence-electron chi connectivity index (χ2n) is 6.53. The molecule has 0 aliphatic carbocycles. The van der Waals surface area contributed by atoms with Crippen LogP contribution < -0.4 is 15.4 Å². The number of sulfonamides is 1. The second-order valence-corrected chi connectivity index (χ2v) is 8.98. The molecule has 3 rings (SSSR count). The molecule has 1 aromatic heterocycles. The number of hydrogen-bond donors (Lipinski definition) is 2. The number of rotatable bonds is 5. The van der Waals surface area contributed by atoms with Crippen LogP contribution in [0.3, 0.4) is 0 Å². The minimum Gasteiger partial charge on any atom is -0.479 e. The molecule has 9 nitrogen and oxygen atoms in total. The van der Waals surface area contributed by atoms with Crippen molar-refractivity contribution in [3.63, 3.8) is 0 Å². The van der Waals surface area contributed by atoms with Gasteiger partial charge in [0.15, 0.2) is 6.10 Å².